The lowest BCUT2D eigenvalue weighted by Crippen LogP contribution is -2.46. The van der Waals surface area contributed by atoms with E-state index < -0.39 is 5.97 Å². The summed E-state index contributed by atoms with van der Waals surface area (Å²) in [6.45, 7) is 0.967. The molecule has 0 aromatic heterocycles. The number of hydrazine groups is 1. The second kappa shape index (κ2) is 8.34. The van der Waals surface area contributed by atoms with Gasteiger partial charge in [-0.25, -0.2) is 5.01 Å². The van der Waals surface area contributed by atoms with Crippen molar-refractivity contribution >= 4 is 39.9 Å². The first-order valence-electron chi connectivity index (χ1n) is 9.66. The van der Waals surface area contributed by atoms with E-state index in [2.05, 4.69) is 12.1 Å². The highest BCUT2D eigenvalue weighted by molar-refractivity contribution is 6.36. The molecule has 4 rings (SSSR count). The fourth-order valence-electron chi connectivity index (χ4n) is 3.86. The van der Waals surface area contributed by atoms with Crippen LogP contribution < -0.4 is 4.90 Å². The number of rotatable bonds is 6. The van der Waals surface area contributed by atoms with Gasteiger partial charge in [0, 0.05) is 41.6 Å². The number of aliphatic carboxylic acids is 1. The summed E-state index contributed by atoms with van der Waals surface area (Å²) in [6, 6.07) is 19.1. The van der Waals surface area contributed by atoms with Gasteiger partial charge in [0.1, 0.15) is 6.54 Å². The fourth-order valence-corrected chi connectivity index (χ4v) is 4.09. The molecule has 6 nitrogen and oxygen atoms in total. The second-order valence-corrected chi connectivity index (χ2v) is 7.78. The van der Waals surface area contributed by atoms with Crippen LogP contribution in [0, 0.1) is 0 Å². The van der Waals surface area contributed by atoms with E-state index in [1.807, 2.05) is 41.4 Å². The maximum atomic E-state index is 13.1. The number of carboxylic acid groups (broad SMARTS) is 1. The zero-order valence-electron chi connectivity index (χ0n) is 16.6. The third-order valence-corrected chi connectivity index (χ3v) is 5.78. The predicted molar refractivity (Wildman–Crippen MR) is 117 cm³/mol. The molecule has 7 heteroatoms. The van der Waals surface area contributed by atoms with E-state index in [9.17, 15) is 14.7 Å². The van der Waals surface area contributed by atoms with Crippen LogP contribution in [0.15, 0.2) is 60.7 Å². The van der Waals surface area contributed by atoms with Gasteiger partial charge in [-0.05, 0) is 23.3 Å². The topological polar surface area (TPSA) is 64.1 Å². The second-order valence-electron chi connectivity index (χ2n) is 7.37. The summed E-state index contributed by atoms with van der Waals surface area (Å²) in [5, 5.41) is 15.2. The lowest BCUT2D eigenvalue weighted by Gasteiger charge is -2.31. The number of halogens is 1. The van der Waals surface area contributed by atoms with Crippen molar-refractivity contribution in [3.63, 3.8) is 0 Å². The van der Waals surface area contributed by atoms with Crippen molar-refractivity contribution < 1.29 is 14.7 Å². The Kier molecular flexibility index (Phi) is 5.61. The Labute approximate surface area is 179 Å². The van der Waals surface area contributed by atoms with E-state index in [1.165, 1.54) is 11.1 Å². The molecule has 3 aromatic carbocycles. The number of carbonyl (C=O) groups excluding carboxylic acids is 1. The average molecular weight is 424 g/mol. The van der Waals surface area contributed by atoms with Crippen molar-refractivity contribution in [2.45, 2.75) is 13.1 Å². The molecule has 0 saturated carbocycles. The van der Waals surface area contributed by atoms with Crippen LogP contribution in [-0.4, -0.2) is 47.1 Å². The normalized spacial score (nSPS) is 13.3. The maximum absolute atomic E-state index is 13.1. The van der Waals surface area contributed by atoms with Crippen molar-refractivity contribution in [1.29, 1.82) is 0 Å². The van der Waals surface area contributed by atoms with Crippen molar-refractivity contribution in [3.05, 3.63) is 76.8 Å². The van der Waals surface area contributed by atoms with Crippen LogP contribution in [0.3, 0.4) is 0 Å². The summed E-state index contributed by atoms with van der Waals surface area (Å²) in [7, 11) is 1.73. The molecule has 1 amide bonds. The highest BCUT2D eigenvalue weighted by Gasteiger charge is 2.27. The number of anilines is 1. The first-order valence-corrected chi connectivity index (χ1v) is 10.0. The smallest absolute Gasteiger partial charge is 0.323 e. The average Bonchev–Trinajstić information content (AvgIpc) is 3.17. The van der Waals surface area contributed by atoms with Gasteiger partial charge in [0.25, 0.3) is 5.91 Å². The molecule has 30 heavy (non-hydrogen) atoms. The lowest BCUT2D eigenvalue weighted by molar-refractivity contribution is -0.145. The third kappa shape index (κ3) is 3.97. The number of carbonyl (C=O) groups is 2. The molecule has 0 spiro atoms. The third-order valence-electron chi connectivity index (χ3n) is 5.45. The summed E-state index contributed by atoms with van der Waals surface area (Å²) in [4.78, 5) is 26.2. The summed E-state index contributed by atoms with van der Waals surface area (Å²) < 4.78 is 0. The number of hydrogen-bond donors (Lipinski definition) is 1. The number of hydrogen-bond acceptors (Lipinski definition) is 4. The number of benzene rings is 3. The molecule has 0 bridgehead atoms. The first-order chi connectivity index (χ1) is 14.4. The Morgan fingerprint density at radius 3 is 2.17 bits per heavy atom. The van der Waals surface area contributed by atoms with Crippen molar-refractivity contribution in [2.75, 3.05) is 25.0 Å². The molecule has 3 aromatic rings. The standard InChI is InChI=1S/C23H22ClN3O3/c1-25(27-12-16-6-2-3-7-17(16)13-27)22(28)14-26(15-23(29)30)21-11-10-20(24)18-8-4-5-9-19(18)21/h2-11H,12-15H2,1H3,(H,29,30). The zero-order valence-corrected chi connectivity index (χ0v) is 17.3. The monoisotopic (exact) mass is 423 g/mol. The van der Waals surface area contributed by atoms with Crippen molar-refractivity contribution in [1.82, 2.24) is 10.0 Å². The van der Waals surface area contributed by atoms with E-state index in [-0.39, 0.29) is 19.0 Å². The van der Waals surface area contributed by atoms with Gasteiger partial charge >= 0.3 is 5.97 Å². The van der Waals surface area contributed by atoms with Gasteiger partial charge in [0.05, 0.1) is 6.54 Å². The fraction of sp³-hybridized carbons (Fsp3) is 0.217. The molecule has 154 valence electrons. The van der Waals surface area contributed by atoms with Gasteiger partial charge in [-0.15, -0.1) is 0 Å². The minimum atomic E-state index is -1.00. The summed E-state index contributed by atoms with van der Waals surface area (Å²) in [5.74, 6) is -1.18. The first kappa shape index (κ1) is 20.2. The van der Waals surface area contributed by atoms with Crippen LogP contribution >= 0.6 is 11.6 Å². The van der Waals surface area contributed by atoms with Crippen molar-refractivity contribution in [2.24, 2.45) is 0 Å². The van der Waals surface area contributed by atoms with E-state index in [4.69, 9.17) is 11.6 Å². The van der Waals surface area contributed by atoms with Gasteiger partial charge in [0.2, 0.25) is 0 Å². The Hall–Kier alpha value is -3.09. The van der Waals surface area contributed by atoms with Crippen LogP contribution in [0.2, 0.25) is 5.02 Å². The predicted octanol–water partition coefficient (Wildman–Crippen LogP) is 3.77. The molecule has 1 aliphatic heterocycles. The Morgan fingerprint density at radius 1 is 0.933 bits per heavy atom. The minimum absolute atomic E-state index is 0.0543. The van der Waals surface area contributed by atoms with Crippen LogP contribution in [0.5, 0.6) is 0 Å². The SMILES string of the molecule is CN(C(=O)CN(CC(=O)O)c1ccc(Cl)c2ccccc12)N1Cc2ccccc2C1. The number of nitrogens with zero attached hydrogens (tertiary/aromatic N) is 3. The largest absolute Gasteiger partial charge is 0.480 e. The van der Waals surface area contributed by atoms with Crippen LogP contribution in [0.4, 0.5) is 5.69 Å². The molecule has 0 aliphatic carbocycles. The minimum Gasteiger partial charge on any atom is -0.480 e. The summed E-state index contributed by atoms with van der Waals surface area (Å²) in [6.07, 6.45) is 0. The molecule has 1 aliphatic rings. The molecule has 0 radical (unpaired) electrons. The van der Waals surface area contributed by atoms with Gasteiger partial charge in [-0.1, -0.05) is 60.1 Å². The lowest BCUT2D eigenvalue weighted by atomic mass is 10.1. The zero-order chi connectivity index (χ0) is 21.3. The number of carboxylic acids is 1. The molecular weight excluding hydrogens is 402 g/mol. The number of likely N-dealkylation sites (N-methyl/N-ethyl adjacent to an activating group) is 1. The van der Waals surface area contributed by atoms with Gasteiger partial charge < -0.3 is 10.0 Å². The highest BCUT2D eigenvalue weighted by Crippen LogP contribution is 2.32. The molecule has 1 heterocycles. The van der Waals surface area contributed by atoms with Crippen LogP contribution in [-0.2, 0) is 22.7 Å². The van der Waals surface area contributed by atoms with Gasteiger partial charge in [0.15, 0.2) is 0 Å². The maximum Gasteiger partial charge on any atom is 0.323 e. The van der Waals surface area contributed by atoms with E-state index >= 15 is 0 Å². The molecule has 0 fully saturated rings. The summed E-state index contributed by atoms with van der Waals surface area (Å²) >= 11 is 6.31. The highest BCUT2D eigenvalue weighted by atomic mass is 35.5. The Bertz CT molecular complexity index is 1090. The number of fused-ring (bicyclic) bond motifs is 2. The van der Waals surface area contributed by atoms with Crippen LogP contribution in [0.1, 0.15) is 11.1 Å². The van der Waals surface area contributed by atoms with Gasteiger partial charge in [-0.3, -0.25) is 14.6 Å². The quantitative estimate of drug-likeness (QED) is 0.653. The molecule has 0 atom stereocenters. The molecule has 1 N–H and O–H groups in total. The number of amides is 1. The van der Waals surface area contributed by atoms with Crippen LogP contribution in [0.25, 0.3) is 10.8 Å². The molecule has 0 unspecified atom stereocenters. The summed E-state index contributed by atoms with van der Waals surface area (Å²) in [5.41, 5.74) is 3.07. The van der Waals surface area contributed by atoms with Gasteiger partial charge in [-0.2, -0.15) is 0 Å². The molecule has 0 saturated heterocycles. The Balaban J connectivity index is 1.58. The Morgan fingerprint density at radius 2 is 1.53 bits per heavy atom. The molecular formula is C23H22ClN3O3. The van der Waals surface area contributed by atoms with E-state index in [0.29, 0.717) is 23.8 Å². The van der Waals surface area contributed by atoms with E-state index in [0.717, 1.165) is 10.8 Å². The van der Waals surface area contributed by atoms with Crippen molar-refractivity contribution in [3.8, 4) is 0 Å². The van der Waals surface area contributed by atoms with E-state index in [1.54, 1.807) is 29.1 Å².